The van der Waals surface area contributed by atoms with Crippen LogP contribution in [0.3, 0.4) is 0 Å². The lowest BCUT2D eigenvalue weighted by molar-refractivity contribution is 0.220. The molecule has 138 valence electrons. The Bertz CT molecular complexity index is 946. The van der Waals surface area contributed by atoms with E-state index in [1.54, 1.807) is 12.3 Å². The van der Waals surface area contributed by atoms with Crippen molar-refractivity contribution in [1.82, 2.24) is 19.8 Å². The van der Waals surface area contributed by atoms with Gasteiger partial charge in [0.05, 0.1) is 24.4 Å². The number of thiocarbonyl (C=S) groups is 1. The van der Waals surface area contributed by atoms with E-state index in [1.165, 1.54) is 12.1 Å². The number of aromatic nitrogens is 2. The van der Waals surface area contributed by atoms with Gasteiger partial charge >= 0.3 is 0 Å². The number of rotatable bonds is 5. The molecule has 0 radical (unpaired) electrons. The maximum atomic E-state index is 13.8. The lowest BCUT2D eigenvalue weighted by atomic mass is 10.0. The number of pyridine rings is 1. The van der Waals surface area contributed by atoms with Crippen molar-refractivity contribution >= 4 is 17.3 Å². The van der Waals surface area contributed by atoms with Crippen molar-refractivity contribution in [2.45, 2.75) is 12.1 Å². The van der Waals surface area contributed by atoms with Gasteiger partial charge in [0.2, 0.25) is 0 Å². The fraction of sp³-hybridized carbons (Fsp3) is 0.200. The van der Waals surface area contributed by atoms with Crippen LogP contribution in [0.15, 0.2) is 67.0 Å². The van der Waals surface area contributed by atoms with E-state index in [-0.39, 0.29) is 24.5 Å². The fourth-order valence-electron chi connectivity index (χ4n) is 3.57. The summed E-state index contributed by atoms with van der Waals surface area (Å²) in [5, 5.41) is 13.4. The average molecular weight is 382 g/mol. The molecule has 2 atom stereocenters. The summed E-state index contributed by atoms with van der Waals surface area (Å²) < 4.78 is 15.7. The molecular formula is C20H19FN4OS. The lowest BCUT2D eigenvalue weighted by Gasteiger charge is -2.28. The van der Waals surface area contributed by atoms with Gasteiger partial charge in [-0.2, -0.15) is 0 Å². The van der Waals surface area contributed by atoms with Crippen molar-refractivity contribution in [2.75, 3.05) is 13.2 Å². The summed E-state index contributed by atoms with van der Waals surface area (Å²) in [6.07, 6.45) is 3.65. The molecule has 0 unspecified atom stereocenters. The highest BCUT2D eigenvalue weighted by atomic mass is 32.1. The molecule has 5 nitrogen and oxygen atoms in total. The van der Waals surface area contributed by atoms with Crippen LogP contribution >= 0.6 is 12.2 Å². The Morgan fingerprint density at radius 2 is 2.04 bits per heavy atom. The number of nitrogens with zero attached hydrogens (tertiary/aromatic N) is 3. The highest BCUT2D eigenvalue weighted by Gasteiger charge is 2.40. The predicted molar refractivity (Wildman–Crippen MR) is 105 cm³/mol. The molecule has 3 aromatic rings. The van der Waals surface area contributed by atoms with Gasteiger partial charge in [-0.25, -0.2) is 4.39 Å². The molecule has 2 N–H and O–H groups in total. The molecule has 1 fully saturated rings. The largest absolute Gasteiger partial charge is 0.395 e. The van der Waals surface area contributed by atoms with Crippen molar-refractivity contribution in [3.63, 3.8) is 0 Å². The number of aliphatic hydroxyl groups is 1. The van der Waals surface area contributed by atoms with Crippen LogP contribution in [0, 0.1) is 5.82 Å². The van der Waals surface area contributed by atoms with Gasteiger partial charge in [-0.15, -0.1) is 0 Å². The lowest BCUT2D eigenvalue weighted by Crippen LogP contribution is -2.32. The Kier molecular flexibility index (Phi) is 4.87. The highest BCUT2D eigenvalue weighted by Crippen LogP contribution is 2.39. The Morgan fingerprint density at radius 1 is 1.15 bits per heavy atom. The molecule has 0 aliphatic carbocycles. The van der Waals surface area contributed by atoms with E-state index in [0.717, 1.165) is 17.1 Å². The van der Waals surface area contributed by atoms with E-state index >= 15 is 0 Å². The Labute approximate surface area is 162 Å². The summed E-state index contributed by atoms with van der Waals surface area (Å²) in [6.45, 7) is 0.377. The summed E-state index contributed by atoms with van der Waals surface area (Å²) in [5.74, 6) is -0.291. The Morgan fingerprint density at radius 3 is 2.78 bits per heavy atom. The van der Waals surface area contributed by atoms with Gasteiger partial charge < -0.3 is 19.9 Å². The molecular weight excluding hydrogens is 363 g/mol. The van der Waals surface area contributed by atoms with Crippen LogP contribution < -0.4 is 5.32 Å². The van der Waals surface area contributed by atoms with Crippen molar-refractivity contribution in [3.05, 3.63) is 84.2 Å². The van der Waals surface area contributed by atoms with Crippen molar-refractivity contribution in [2.24, 2.45) is 0 Å². The monoisotopic (exact) mass is 382 g/mol. The second-order valence-corrected chi connectivity index (χ2v) is 6.71. The number of halogens is 1. The zero-order valence-electron chi connectivity index (χ0n) is 14.5. The second-order valence-electron chi connectivity index (χ2n) is 6.33. The van der Waals surface area contributed by atoms with E-state index in [2.05, 4.69) is 10.3 Å². The van der Waals surface area contributed by atoms with E-state index in [4.69, 9.17) is 12.2 Å². The van der Waals surface area contributed by atoms with Gasteiger partial charge in [0.15, 0.2) is 5.11 Å². The van der Waals surface area contributed by atoms with Crippen molar-refractivity contribution in [1.29, 1.82) is 0 Å². The quantitative estimate of drug-likeness (QED) is 0.665. The SMILES string of the molecule is OCCN1C(=S)N[C@@H](c2ccccn2)[C@@H]1c1cccn1-c1cccc(F)c1. The molecule has 1 aromatic carbocycles. The highest BCUT2D eigenvalue weighted by molar-refractivity contribution is 7.80. The van der Waals surface area contributed by atoms with Gasteiger partial charge in [-0.05, 0) is 54.7 Å². The van der Waals surface area contributed by atoms with Gasteiger partial charge in [0.25, 0.3) is 0 Å². The van der Waals surface area contributed by atoms with Crippen molar-refractivity contribution < 1.29 is 9.50 Å². The topological polar surface area (TPSA) is 53.3 Å². The normalized spacial score (nSPS) is 19.3. The molecule has 7 heteroatoms. The summed E-state index contributed by atoms with van der Waals surface area (Å²) >= 11 is 5.52. The first-order chi connectivity index (χ1) is 13.2. The molecule has 0 saturated carbocycles. The Hall–Kier alpha value is -2.77. The van der Waals surface area contributed by atoms with Crippen LogP contribution in [0.2, 0.25) is 0 Å². The minimum Gasteiger partial charge on any atom is -0.395 e. The predicted octanol–water partition coefficient (Wildman–Crippen LogP) is 2.98. The van der Waals surface area contributed by atoms with Crippen LogP contribution in [0.4, 0.5) is 4.39 Å². The van der Waals surface area contributed by atoms with E-state index in [9.17, 15) is 9.50 Å². The van der Waals surface area contributed by atoms with Crippen LogP contribution in [0.25, 0.3) is 5.69 Å². The van der Waals surface area contributed by atoms with Gasteiger partial charge in [0, 0.05) is 30.3 Å². The van der Waals surface area contributed by atoms with Gasteiger partial charge in [0.1, 0.15) is 5.82 Å². The number of aliphatic hydroxyl groups excluding tert-OH is 1. The fourth-order valence-corrected chi connectivity index (χ4v) is 3.90. The third-order valence-electron chi connectivity index (χ3n) is 4.71. The van der Waals surface area contributed by atoms with Crippen LogP contribution in [-0.4, -0.2) is 37.8 Å². The van der Waals surface area contributed by atoms with Crippen molar-refractivity contribution in [3.8, 4) is 5.69 Å². The smallest absolute Gasteiger partial charge is 0.170 e. The van der Waals surface area contributed by atoms with E-state index < -0.39 is 0 Å². The van der Waals surface area contributed by atoms with Gasteiger partial charge in [-0.1, -0.05) is 12.1 Å². The van der Waals surface area contributed by atoms with Crippen LogP contribution in [0.1, 0.15) is 23.5 Å². The molecule has 3 heterocycles. The molecule has 27 heavy (non-hydrogen) atoms. The summed E-state index contributed by atoms with van der Waals surface area (Å²) in [4.78, 5) is 6.44. The summed E-state index contributed by atoms with van der Waals surface area (Å²) in [5.41, 5.74) is 2.53. The maximum Gasteiger partial charge on any atom is 0.170 e. The number of nitrogens with one attached hydrogen (secondary N) is 1. The zero-order chi connectivity index (χ0) is 18.8. The third-order valence-corrected chi connectivity index (χ3v) is 5.06. The van der Waals surface area contributed by atoms with E-state index in [1.807, 2.05) is 52.1 Å². The first-order valence-corrected chi connectivity index (χ1v) is 9.12. The minimum atomic E-state index is -0.291. The number of hydrogen-bond donors (Lipinski definition) is 2. The molecule has 1 aliphatic rings. The number of β-amino-alcohol motifs (C(OH)–C–C–N with tert-alkyl or cyclic N) is 1. The summed E-state index contributed by atoms with van der Waals surface area (Å²) in [6, 6.07) is 15.8. The summed E-state index contributed by atoms with van der Waals surface area (Å²) in [7, 11) is 0. The molecule has 4 rings (SSSR count). The average Bonchev–Trinajstić information content (AvgIpc) is 3.28. The second kappa shape index (κ2) is 7.46. The molecule has 0 spiro atoms. The van der Waals surface area contributed by atoms with E-state index in [0.29, 0.717) is 11.7 Å². The first-order valence-electron chi connectivity index (χ1n) is 8.71. The molecule has 1 aliphatic heterocycles. The molecule has 0 bridgehead atoms. The molecule has 0 amide bonds. The standard InChI is InChI=1S/C20H19FN4OS/c21-14-5-3-6-15(13-14)24-10-4-8-17(24)19-18(16-7-1-2-9-22-16)23-20(27)25(19)11-12-26/h1-10,13,18-19,26H,11-12H2,(H,23,27)/t18-,19-/m0/s1. The van der Waals surface area contributed by atoms with Crippen LogP contribution in [-0.2, 0) is 0 Å². The first kappa shape index (κ1) is 17.6. The third kappa shape index (κ3) is 3.31. The molecule has 2 aromatic heterocycles. The number of benzene rings is 1. The zero-order valence-corrected chi connectivity index (χ0v) is 15.3. The van der Waals surface area contributed by atoms with Crippen LogP contribution in [0.5, 0.6) is 0 Å². The van der Waals surface area contributed by atoms with Gasteiger partial charge in [-0.3, -0.25) is 4.98 Å². The Balaban J connectivity index is 1.81. The minimum absolute atomic E-state index is 0.0199. The maximum absolute atomic E-state index is 13.8. The number of hydrogen-bond acceptors (Lipinski definition) is 3. The molecule has 1 saturated heterocycles.